The highest BCUT2D eigenvalue weighted by molar-refractivity contribution is 5.83. The van der Waals surface area contributed by atoms with Crippen LogP contribution in [0.5, 0.6) is 11.9 Å². The first-order valence-corrected chi connectivity index (χ1v) is 9.26. The average Bonchev–Trinajstić information content (AvgIpc) is 2.73. The molecule has 1 fully saturated rings. The fraction of sp³-hybridized carbons (Fsp3) is 0.450. The second-order valence-electron chi connectivity index (χ2n) is 6.75. The first-order chi connectivity index (χ1) is 13.2. The molecule has 142 valence electrons. The molecule has 0 radical (unpaired) electrons. The molecule has 2 aromatic rings. The second kappa shape index (κ2) is 7.92. The zero-order chi connectivity index (χ0) is 18.6. The molecule has 0 saturated carbocycles. The van der Waals surface area contributed by atoms with Crippen molar-refractivity contribution in [1.82, 2.24) is 14.9 Å². The van der Waals surface area contributed by atoms with Gasteiger partial charge in [0.15, 0.2) is 6.10 Å². The molecule has 1 amide bonds. The lowest BCUT2D eigenvalue weighted by Gasteiger charge is -2.36. The van der Waals surface area contributed by atoms with Crippen molar-refractivity contribution in [2.75, 3.05) is 26.8 Å². The quantitative estimate of drug-likeness (QED) is 0.822. The lowest BCUT2D eigenvalue weighted by molar-refractivity contribution is -0.147. The zero-order valence-corrected chi connectivity index (χ0v) is 15.3. The van der Waals surface area contributed by atoms with Gasteiger partial charge in [-0.15, -0.1) is 0 Å². The van der Waals surface area contributed by atoms with Crippen molar-refractivity contribution in [1.29, 1.82) is 0 Å². The molecule has 4 rings (SSSR count). The van der Waals surface area contributed by atoms with Gasteiger partial charge in [0.1, 0.15) is 6.10 Å². The summed E-state index contributed by atoms with van der Waals surface area (Å²) in [7, 11) is 1.52. The smallest absolute Gasteiger partial charge is 0.319 e. The highest BCUT2D eigenvalue weighted by atomic mass is 16.5. The summed E-state index contributed by atoms with van der Waals surface area (Å²) in [5.41, 5.74) is 2.18. The third-order valence-electron chi connectivity index (χ3n) is 4.99. The van der Waals surface area contributed by atoms with Crippen molar-refractivity contribution in [2.45, 2.75) is 31.5 Å². The van der Waals surface area contributed by atoms with Crippen LogP contribution in [0.2, 0.25) is 0 Å². The van der Waals surface area contributed by atoms with E-state index in [0.29, 0.717) is 25.6 Å². The van der Waals surface area contributed by atoms with Gasteiger partial charge in [0.2, 0.25) is 5.88 Å². The number of methoxy groups -OCH3 is 1. The molecule has 0 N–H and O–H groups in total. The van der Waals surface area contributed by atoms with Crippen LogP contribution in [0.3, 0.4) is 0 Å². The van der Waals surface area contributed by atoms with Gasteiger partial charge in [0.05, 0.1) is 20.3 Å². The Morgan fingerprint density at radius 1 is 1.30 bits per heavy atom. The summed E-state index contributed by atoms with van der Waals surface area (Å²) in [5.74, 6) is 0.469. The van der Waals surface area contributed by atoms with Gasteiger partial charge in [-0.25, -0.2) is 4.98 Å². The molecule has 27 heavy (non-hydrogen) atoms. The van der Waals surface area contributed by atoms with E-state index in [1.54, 1.807) is 12.3 Å². The fourth-order valence-corrected chi connectivity index (χ4v) is 3.66. The van der Waals surface area contributed by atoms with Gasteiger partial charge in [-0.1, -0.05) is 24.3 Å². The molecule has 0 spiro atoms. The number of ether oxygens (including phenoxy) is 3. The van der Waals surface area contributed by atoms with Crippen molar-refractivity contribution in [3.05, 3.63) is 47.7 Å². The largest absolute Gasteiger partial charge is 0.472 e. The van der Waals surface area contributed by atoms with Crippen LogP contribution in [0.1, 0.15) is 30.1 Å². The number of nitrogens with zero attached hydrogens (tertiary/aromatic N) is 3. The topological polar surface area (TPSA) is 73.8 Å². The van der Waals surface area contributed by atoms with Crippen molar-refractivity contribution >= 4 is 5.91 Å². The van der Waals surface area contributed by atoms with Crippen LogP contribution < -0.4 is 9.47 Å². The minimum absolute atomic E-state index is 0.00992. The van der Waals surface area contributed by atoms with Crippen LogP contribution in [0.4, 0.5) is 0 Å². The normalized spacial score (nSPS) is 22.0. The third-order valence-corrected chi connectivity index (χ3v) is 4.99. The number of amides is 1. The van der Waals surface area contributed by atoms with E-state index < -0.39 is 6.10 Å². The number of aromatic nitrogens is 2. The first kappa shape index (κ1) is 17.7. The fourth-order valence-electron chi connectivity index (χ4n) is 3.66. The predicted molar refractivity (Wildman–Crippen MR) is 97.7 cm³/mol. The lowest BCUT2D eigenvalue weighted by Crippen LogP contribution is -2.47. The predicted octanol–water partition coefficient (Wildman–Crippen LogP) is 2.17. The molecule has 0 aliphatic carbocycles. The minimum atomic E-state index is -0.521. The van der Waals surface area contributed by atoms with Gasteiger partial charge in [-0.05, 0) is 30.4 Å². The number of piperidine rings is 1. The molecule has 0 bridgehead atoms. The van der Waals surface area contributed by atoms with E-state index in [9.17, 15) is 4.79 Å². The highest BCUT2D eigenvalue weighted by Gasteiger charge is 2.34. The number of likely N-dealkylation sites (tertiary alicyclic amines) is 1. The molecule has 7 heteroatoms. The maximum absolute atomic E-state index is 13.1. The van der Waals surface area contributed by atoms with Gasteiger partial charge in [-0.3, -0.25) is 4.79 Å². The van der Waals surface area contributed by atoms with Crippen molar-refractivity contribution in [3.63, 3.8) is 0 Å². The Morgan fingerprint density at radius 2 is 2.19 bits per heavy atom. The number of carbonyl (C=O) groups excluding carboxylic acids is 1. The van der Waals surface area contributed by atoms with Crippen LogP contribution in [0, 0.1) is 0 Å². The van der Waals surface area contributed by atoms with Gasteiger partial charge in [0.25, 0.3) is 5.91 Å². The number of rotatable bonds is 4. The van der Waals surface area contributed by atoms with Crippen molar-refractivity contribution < 1.29 is 19.0 Å². The first-order valence-electron chi connectivity index (χ1n) is 9.26. The van der Waals surface area contributed by atoms with Crippen LogP contribution in [-0.2, 0) is 16.0 Å². The Labute approximate surface area is 158 Å². The molecular weight excluding hydrogens is 346 g/mol. The lowest BCUT2D eigenvalue weighted by atomic mass is 9.96. The highest BCUT2D eigenvalue weighted by Crippen LogP contribution is 2.30. The summed E-state index contributed by atoms with van der Waals surface area (Å²) in [6, 6.07) is 9.99. The maximum Gasteiger partial charge on any atom is 0.319 e. The number of fused-ring (bicyclic) bond motifs is 1. The molecule has 1 aromatic heterocycles. The van der Waals surface area contributed by atoms with Crippen molar-refractivity contribution in [2.24, 2.45) is 0 Å². The number of benzene rings is 1. The van der Waals surface area contributed by atoms with Gasteiger partial charge in [-0.2, -0.15) is 4.98 Å². The summed E-state index contributed by atoms with van der Waals surface area (Å²) in [6.45, 7) is 1.81. The summed E-state index contributed by atoms with van der Waals surface area (Å²) in [4.78, 5) is 23.1. The van der Waals surface area contributed by atoms with Crippen LogP contribution in [-0.4, -0.2) is 53.7 Å². The summed E-state index contributed by atoms with van der Waals surface area (Å²) < 4.78 is 16.8. The molecule has 2 unspecified atom stereocenters. The third kappa shape index (κ3) is 3.88. The summed E-state index contributed by atoms with van der Waals surface area (Å²) in [6.07, 6.45) is 3.57. The molecule has 2 atom stereocenters. The van der Waals surface area contributed by atoms with Crippen molar-refractivity contribution in [3.8, 4) is 11.9 Å². The van der Waals surface area contributed by atoms with Crippen LogP contribution >= 0.6 is 0 Å². The molecule has 3 heterocycles. The molecule has 7 nitrogen and oxygen atoms in total. The Hall–Kier alpha value is -2.67. The second-order valence-corrected chi connectivity index (χ2v) is 6.75. The van der Waals surface area contributed by atoms with E-state index in [-0.39, 0.29) is 18.0 Å². The van der Waals surface area contributed by atoms with E-state index in [1.165, 1.54) is 12.7 Å². The standard InChI is InChI=1S/C20H23N3O4/c1-25-20-21-10-8-17(22-20)27-15-6-4-11-23(13-15)19(24)18-16-7-3-2-5-14(16)9-12-26-18/h2-3,5,7-8,10,15,18H,4,6,9,11-13H2,1H3. The van der Waals surface area contributed by atoms with E-state index in [0.717, 1.165) is 24.8 Å². The summed E-state index contributed by atoms with van der Waals surface area (Å²) in [5, 5.41) is 0. The minimum Gasteiger partial charge on any atom is -0.472 e. The molecule has 2 aliphatic heterocycles. The Morgan fingerprint density at radius 3 is 3.07 bits per heavy atom. The van der Waals surface area contributed by atoms with Crippen LogP contribution in [0.25, 0.3) is 0 Å². The molecule has 1 aromatic carbocycles. The van der Waals surface area contributed by atoms with Gasteiger partial charge in [0, 0.05) is 18.8 Å². The number of carbonyl (C=O) groups is 1. The number of hydrogen-bond acceptors (Lipinski definition) is 6. The molecular formula is C20H23N3O4. The molecule has 1 saturated heterocycles. The maximum atomic E-state index is 13.1. The Kier molecular flexibility index (Phi) is 5.20. The number of hydrogen-bond donors (Lipinski definition) is 0. The molecule has 2 aliphatic rings. The van der Waals surface area contributed by atoms with Gasteiger partial charge >= 0.3 is 6.01 Å². The van der Waals surface area contributed by atoms with E-state index in [1.807, 2.05) is 23.1 Å². The van der Waals surface area contributed by atoms with E-state index in [2.05, 4.69) is 16.0 Å². The Balaban J connectivity index is 1.44. The average molecular weight is 369 g/mol. The zero-order valence-electron chi connectivity index (χ0n) is 15.3. The van der Waals surface area contributed by atoms with Gasteiger partial charge < -0.3 is 19.1 Å². The van der Waals surface area contributed by atoms with Crippen LogP contribution in [0.15, 0.2) is 36.5 Å². The SMILES string of the molecule is COc1nccc(OC2CCCN(C(=O)C3OCCc4ccccc43)C2)n1. The summed E-state index contributed by atoms with van der Waals surface area (Å²) >= 11 is 0. The monoisotopic (exact) mass is 369 g/mol. The Bertz CT molecular complexity index is 813. The van der Waals surface area contributed by atoms with E-state index >= 15 is 0 Å². The van der Waals surface area contributed by atoms with E-state index in [4.69, 9.17) is 14.2 Å².